The Morgan fingerprint density at radius 1 is 1.59 bits per heavy atom. The van der Waals surface area contributed by atoms with Crippen molar-refractivity contribution in [2.24, 2.45) is 5.92 Å². The smallest absolute Gasteiger partial charge is 0.257 e. The maximum Gasteiger partial charge on any atom is 0.257 e. The second kappa shape index (κ2) is 5.16. The molecule has 1 heterocycles. The first-order valence-corrected chi connectivity index (χ1v) is 6.92. The van der Waals surface area contributed by atoms with Crippen molar-refractivity contribution in [2.75, 3.05) is 6.54 Å². The third-order valence-corrected chi connectivity index (χ3v) is 3.58. The molecular weight excluding hydrogens is 242 g/mol. The molecular formula is C10H19N3O3S. The summed E-state index contributed by atoms with van der Waals surface area (Å²) in [6.45, 7) is 5.53. The topological polar surface area (TPSA) is 95.1 Å². The number of aromatic amines is 1. The molecule has 0 fully saturated rings. The zero-order chi connectivity index (χ0) is 13.1. The predicted molar refractivity (Wildman–Crippen MR) is 63.9 cm³/mol. The van der Waals surface area contributed by atoms with Gasteiger partial charge in [-0.3, -0.25) is 0 Å². The van der Waals surface area contributed by atoms with E-state index < -0.39 is 15.6 Å². The van der Waals surface area contributed by atoms with Crippen LogP contribution in [0, 0.1) is 5.92 Å². The highest BCUT2D eigenvalue weighted by molar-refractivity contribution is 7.89. The average molecular weight is 261 g/mol. The number of sulfonamides is 1. The van der Waals surface area contributed by atoms with Crippen LogP contribution in [-0.2, 0) is 10.0 Å². The molecule has 1 rings (SSSR count). The Morgan fingerprint density at radius 2 is 2.24 bits per heavy atom. The summed E-state index contributed by atoms with van der Waals surface area (Å²) in [6, 6.07) is 0. The summed E-state index contributed by atoms with van der Waals surface area (Å²) in [7, 11) is -3.61. The van der Waals surface area contributed by atoms with E-state index in [1.807, 2.05) is 13.8 Å². The number of imidazole rings is 1. The SMILES string of the molecule is CC(C)CC(C)(O)CNS(=O)(=O)c1cnc[nH]1. The zero-order valence-corrected chi connectivity index (χ0v) is 11.1. The predicted octanol–water partition coefficient (Wildman–Crippen LogP) is 0.485. The maximum atomic E-state index is 11.7. The van der Waals surface area contributed by atoms with Crippen LogP contribution in [0.3, 0.4) is 0 Å². The molecule has 0 radical (unpaired) electrons. The van der Waals surface area contributed by atoms with Crippen molar-refractivity contribution in [1.82, 2.24) is 14.7 Å². The molecule has 0 amide bonds. The Kier molecular flexibility index (Phi) is 4.29. The molecule has 0 bridgehead atoms. The number of aliphatic hydroxyl groups is 1. The van der Waals surface area contributed by atoms with Gasteiger partial charge in [-0.1, -0.05) is 13.8 Å². The highest BCUT2D eigenvalue weighted by atomic mass is 32.2. The first-order valence-electron chi connectivity index (χ1n) is 5.43. The number of hydrogen-bond acceptors (Lipinski definition) is 4. The van der Waals surface area contributed by atoms with E-state index in [0.717, 1.165) is 0 Å². The van der Waals surface area contributed by atoms with E-state index >= 15 is 0 Å². The molecule has 6 nitrogen and oxygen atoms in total. The standard InChI is InChI=1S/C10H19N3O3S/c1-8(2)4-10(3,14)6-13-17(15,16)9-5-11-7-12-9/h5,7-8,13-14H,4,6H2,1-3H3,(H,11,12). The van der Waals surface area contributed by atoms with Crippen LogP contribution in [0.4, 0.5) is 0 Å². The second-order valence-corrected chi connectivity index (χ2v) is 6.57. The van der Waals surface area contributed by atoms with Crippen molar-refractivity contribution in [2.45, 2.75) is 37.8 Å². The molecule has 98 valence electrons. The van der Waals surface area contributed by atoms with Gasteiger partial charge in [0.1, 0.15) is 0 Å². The van der Waals surface area contributed by atoms with Crippen molar-refractivity contribution >= 4 is 10.0 Å². The fourth-order valence-corrected chi connectivity index (χ4v) is 2.73. The lowest BCUT2D eigenvalue weighted by Gasteiger charge is -2.25. The van der Waals surface area contributed by atoms with E-state index in [4.69, 9.17) is 0 Å². The minimum absolute atomic E-state index is 0.00199. The van der Waals surface area contributed by atoms with Crippen molar-refractivity contribution in [3.63, 3.8) is 0 Å². The van der Waals surface area contributed by atoms with Gasteiger partial charge in [-0.25, -0.2) is 18.1 Å². The summed E-state index contributed by atoms with van der Waals surface area (Å²) in [5.74, 6) is 0.293. The lowest BCUT2D eigenvalue weighted by atomic mass is 9.95. The van der Waals surface area contributed by atoms with E-state index in [-0.39, 0.29) is 11.6 Å². The van der Waals surface area contributed by atoms with Gasteiger partial charge in [0.2, 0.25) is 0 Å². The first-order chi connectivity index (χ1) is 7.73. The van der Waals surface area contributed by atoms with Crippen LogP contribution in [0.2, 0.25) is 0 Å². The molecule has 0 spiro atoms. The van der Waals surface area contributed by atoms with Gasteiger partial charge in [-0.05, 0) is 19.3 Å². The molecule has 1 unspecified atom stereocenters. The van der Waals surface area contributed by atoms with Crippen LogP contribution in [0.15, 0.2) is 17.6 Å². The van der Waals surface area contributed by atoms with Crippen LogP contribution in [0.5, 0.6) is 0 Å². The monoisotopic (exact) mass is 261 g/mol. The largest absolute Gasteiger partial charge is 0.389 e. The summed E-state index contributed by atoms with van der Waals surface area (Å²) in [5, 5.41) is 9.99. The van der Waals surface area contributed by atoms with Crippen LogP contribution in [-0.4, -0.2) is 35.6 Å². The van der Waals surface area contributed by atoms with Crippen LogP contribution < -0.4 is 4.72 Å². The minimum Gasteiger partial charge on any atom is -0.389 e. The number of rotatable bonds is 6. The second-order valence-electron chi connectivity index (χ2n) is 4.84. The summed E-state index contributed by atoms with van der Waals surface area (Å²) in [4.78, 5) is 6.16. The Bertz CT molecular complexity index is 437. The lowest BCUT2D eigenvalue weighted by Crippen LogP contribution is -2.41. The van der Waals surface area contributed by atoms with Gasteiger partial charge in [0.05, 0.1) is 18.1 Å². The van der Waals surface area contributed by atoms with E-state index in [2.05, 4.69) is 14.7 Å². The quantitative estimate of drug-likeness (QED) is 0.694. The third-order valence-electron chi connectivity index (χ3n) is 2.25. The number of H-pyrrole nitrogens is 1. The van der Waals surface area contributed by atoms with Gasteiger partial charge in [0, 0.05) is 6.54 Å². The Labute approximate surface area is 102 Å². The van der Waals surface area contributed by atoms with Gasteiger partial charge < -0.3 is 10.1 Å². The van der Waals surface area contributed by atoms with Crippen LogP contribution in [0.1, 0.15) is 27.2 Å². The molecule has 0 saturated heterocycles. The number of aromatic nitrogens is 2. The molecule has 1 aromatic rings. The molecule has 0 aliphatic heterocycles. The Morgan fingerprint density at radius 3 is 2.71 bits per heavy atom. The molecule has 1 aromatic heterocycles. The summed E-state index contributed by atoms with van der Waals surface area (Å²) < 4.78 is 25.8. The van der Waals surface area contributed by atoms with E-state index in [0.29, 0.717) is 12.3 Å². The fourth-order valence-electron chi connectivity index (χ4n) is 1.67. The van der Waals surface area contributed by atoms with E-state index in [9.17, 15) is 13.5 Å². The molecule has 3 N–H and O–H groups in total. The molecule has 1 atom stereocenters. The molecule has 0 aliphatic carbocycles. The van der Waals surface area contributed by atoms with Gasteiger partial charge >= 0.3 is 0 Å². The van der Waals surface area contributed by atoms with Gasteiger partial charge in [-0.2, -0.15) is 0 Å². The van der Waals surface area contributed by atoms with E-state index in [1.54, 1.807) is 6.92 Å². The van der Waals surface area contributed by atoms with Crippen LogP contribution in [0.25, 0.3) is 0 Å². The summed E-state index contributed by atoms with van der Waals surface area (Å²) >= 11 is 0. The number of nitrogens with one attached hydrogen (secondary N) is 2. The van der Waals surface area contributed by atoms with Gasteiger partial charge in [0.15, 0.2) is 5.03 Å². The number of hydrogen-bond donors (Lipinski definition) is 3. The zero-order valence-electron chi connectivity index (χ0n) is 10.3. The average Bonchev–Trinajstić information content (AvgIpc) is 2.66. The van der Waals surface area contributed by atoms with Gasteiger partial charge in [0.25, 0.3) is 10.0 Å². The third kappa shape index (κ3) is 4.45. The Balaban J connectivity index is 2.62. The Hall–Kier alpha value is -0.920. The minimum atomic E-state index is -3.61. The maximum absolute atomic E-state index is 11.7. The van der Waals surface area contributed by atoms with E-state index in [1.165, 1.54) is 12.5 Å². The highest BCUT2D eigenvalue weighted by Gasteiger charge is 2.25. The van der Waals surface area contributed by atoms with Gasteiger partial charge in [-0.15, -0.1) is 0 Å². The summed E-state index contributed by atoms with van der Waals surface area (Å²) in [6.07, 6.45) is 3.04. The normalized spacial score (nSPS) is 16.1. The van der Waals surface area contributed by atoms with Crippen molar-refractivity contribution in [1.29, 1.82) is 0 Å². The van der Waals surface area contributed by atoms with Crippen LogP contribution >= 0.6 is 0 Å². The van der Waals surface area contributed by atoms with Crippen molar-refractivity contribution < 1.29 is 13.5 Å². The van der Waals surface area contributed by atoms with Crippen molar-refractivity contribution in [3.05, 3.63) is 12.5 Å². The molecule has 0 aromatic carbocycles. The number of nitrogens with zero attached hydrogens (tertiary/aromatic N) is 1. The molecule has 17 heavy (non-hydrogen) atoms. The highest BCUT2D eigenvalue weighted by Crippen LogP contribution is 2.16. The first kappa shape index (κ1) is 14.1. The van der Waals surface area contributed by atoms with Crippen molar-refractivity contribution in [3.8, 4) is 0 Å². The molecule has 0 aliphatic rings. The fraction of sp³-hybridized carbons (Fsp3) is 0.700. The summed E-state index contributed by atoms with van der Waals surface area (Å²) in [5.41, 5.74) is -1.05. The molecule has 7 heteroatoms. The lowest BCUT2D eigenvalue weighted by molar-refractivity contribution is 0.0436. The molecule has 0 saturated carbocycles.